The Kier molecular flexibility index (Phi) is 3.88. The third kappa shape index (κ3) is 3.06. The normalized spacial score (nSPS) is 12.8. The number of hydrogen-bond donors (Lipinski definition) is 2. The van der Waals surface area contributed by atoms with Crippen molar-refractivity contribution in [3.63, 3.8) is 0 Å². The van der Waals surface area contributed by atoms with E-state index in [4.69, 9.17) is 4.74 Å². The van der Waals surface area contributed by atoms with E-state index in [0.717, 1.165) is 24.4 Å². The van der Waals surface area contributed by atoms with Crippen LogP contribution in [0.25, 0.3) is 0 Å². The summed E-state index contributed by atoms with van der Waals surface area (Å²) in [4.78, 5) is 12.2. The predicted octanol–water partition coefficient (Wildman–Crippen LogP) is 2.23. The Bertz CT molecular complexity index is 668. The predicted molar refractivity (Wildman–Crippen MR) is 81.1 cm³/mol. The van der Waals surface area contributed by atoms with Crippen LogP contribution in [0.2, 0.25) is 0 Å². The second kappa shape index (κ2) is 5.97. The lowest BCUT2D eigenvalue weighted by Gasteiger charge is -2.08. The van der Waals surface area contributed by atoms with Gasteiger partial charge in [-0.1, -0.05) is 18.2 Å². The van der Waals surface area contributed by atoms with E-state index >= 15 is 0 Å². The molecule has 21 heavy (non-hydrogen) atoms. The fourth-order valence-corrected chi connectivity index (χ4v) is 2.50. The molecule has 0 unspecified atom stereocenters. The standard InChI is InChI=1S/C17H18N2O2/c1-21-16-4-2-3-12(7-16)9-19-17(20)13-5-6-14-10-18-11-15(14)8-13/h2-8,18H,9-11H2,1H3,(H,19,20). The quantitative estimate of drug-likeness (QED) is 0.904. The largest absolute Gasteiger partial charge is 0.497 e. The molecule has 0 bridgehead atoms. The molecule has 0 saturated carbocycles. The lowest BCUT2D eigenvalue weighted by molar-refractivity contribution is 0.0951. The fourth-order valence-electron chi connectivity index (χ4n) is 2.50. The van der Waals surface area contributed by atoms with Gasteiger partial charge in [-0.2, -0.15) is 0 Å². The molecule has 2 aromatic rings. The van der Waals surface area contributed by atoms with Gasteiger partial charge in [0.25, 0.3) is 5.91 Å². The topological polar surface area (TPSA) is 50.4 Å². The molecule has 108 valence electrons. The molecule has 1 aliphatic rings. The summed E-state index contributed by atoms with van der Waals surface area (Å²) in [6.45, 7) is 2.22. The van der Waals surface area contributed by atoms with Gasteiger partial charge in [0.15, 0.2) is 0 Å². The van der Waals surface area contributed by atoms with E-state index in [-0.39, 0.29) is 5.91 Å². The van der Waals surface area contributed by atoms with Crippen molar-refractivity contribution in [2.24, 2.45) is 0 Å². The van der Waals surface area contributed by atoms with Gasteiger partial charge in [0.05, 0.1) is 7.11 Å². The molecule has 3 rings (SSSR count). The molecule has 0 spiro atoms. The molecule has 1 amide bonds. The zero-order chi connectivity index (χ0) is 14.7. The molecule has 4 heteroatoms. The number of amides is 1. The van der Waals surface area contributed by atoms with Gasteiger partial charge in [-0.05, 0) is 41.0 Å². The molecule has 0 radical (unpaired) electrons. The minimum Gasteiger partial charge on any atom is -0.497 e. The van der Waals surface area contributed by atoms with E-state index in [1.54, 1.807) is 7.11 Å². The van der Waals surface area contributed by atoms with Crippen LogP contribution in [0.3, 0.4) is 0 Å². The SMILES string of the molecule is COc1cccc(CNC(=O)c2ccc3c(c2)CNC3)c1. The molecule has 2 aromatic carbocycles. The second-order valence-electron chi connectivity index (χ2n) is 5.12. The first-order valence-corrected chi connectivity index (χ1v) is 7.00. The van der Waals surface area contributed by atoms with Gasteiger partial charge in [0.1, 0.15) is 5.75 Å². The number of benzene rings is 2. The summed E-state index contributed by atoms with van der Waals surface area (Å²) in [5.74, 6) is 0.748. The molecule has 0 fully saturated rings. The third-order valence-electron chi connectivity index (χ3n) is 3.69. The minimum absolute atomic E-state index is 0.0486. The van der Waals surface area contributed by atoms with Crippen molar-refractivity contribution >= 4 is 5.91 Å². The first-order valence-electron chi connectivity index (χ1n) is 7.00. The van der Waals surface area contributed by atoms with Crippen LogP contribution in [0, 0.1) is 0 Å². The summed E-state index contributed by atoms with van der Waals surface area (Å²) in [5, 5.41) is 6.22. The van der Waals surface area contributed by atoms with Crippen LogP contribution in [0.15, 0.2) is 42.5 Å². The molecule has 0 aliphatic carbocycles. The highest BCUT2D eigenvalue weighted by molar-refractivity contribution is 5.94. The molecule has 1 heterocycles. The van der Waals surface area contributed by atoms with Crippen LogP contribution in [0.5, 0.6) is 5.75 Å². The summed E-state index contributed by atoms with van der Waals surface area (Å²) in [6, 6.07) is 13.6. The van der Waals surface area contributed by atoms with Crippen LogP contribution in [0.4, 0.5) is 0 Å². The first kappa shape index (κ1) is 13.6. The minimum atomic E-state index is -0.0486. The maximum Gasteiger partial charge on any atom is 0.251 e. The second-order valence-corrected chi connectivity index (χ2v) is 5.12. The number of nitrogens with one attached hydrogen (secondary N) is 2. The summed E-state index contributed by atoms with van der Waals surface area (Å²) < 4.78 is 5.18. The van der Waals surface area contributed by atoms with Gasteiger partial charge in [0.2, 0.25) is 0 Å². The van der Waals surface area contributed by atoms with Crippen molar-refractivity contribution in [1.29, 1.82) is 0 Å². The van der Waals surface area contributed by atoms with Crippen molar-refractivity contribution in [3.05, 3.63) is 64.7 Å². The Labute approximate surface area is 124 Å². The first-order chi connectivity index (χ1) is 10.3. The van der Waals surface area contributed by atoms with Crippen molar-refractivity contribution in [2.45, 2.75) is 19.6 Å². The lowest BCUT2D eigenvalue weighted by atomic mass is 10.1. The highest BCUT2D eigenvalue weighted by Crippen LogP contribution is 2.17. The number of carbonyl (C=O) groups is 1. The molecular formula is C17H18N2O2. The van der Waals surface area contributed by atoms with Gasteiger partial charge in [-0.3, -0.25) is 4.79 Å². The summed E-state index contributed by atoms with van der Waals surface area (Å²) in [7, 11) is 1.64. The fraction of sp³-hybridized carbons (Fsp3) is 0.235. The van der Waals surface area contributed by atoms with E-state index in [9.17, 15) is 4.79 Å². The molecular weight excluding hydrogens is 264 g/mol. The molecule has 1 aliphatic heterocycles. The van der Waals surface area contributed by atoms with Crippen molar-refractivity contribution in [2.75, 3.05) is 7.11 Å². The average molecular weight is 282 g/mol. The Morgan fingerprint density at radius 3 is 2.90 bits per heavy atom. The number of ether oxygens (including phenoxy) is 1. The van der Waals surface area contributed by atoms with Gasteiger partial charge < -0.3 is 15.4 Å². The van der Waals surface area contributed by atoms with Gasteiger partial charge in [-0.25, -0.2) is 0 Å². The Balaban J connectivity index is 1.66. The molecule has 0 atom stereocenters. The maximum absolute atomic E-state index is 12.2. The molecule has 4 nitrogen and oxygen atoms in total. The number of carbonyl (C=O) groups excluding carboxylic acids is 1. The van der Waals surface area contributed by atoms with E-state index in [1.165, 1.54) is 11.1 Å². The summed E-state index contributed by atoms with van der Waals surface area (Å²) >= 11 is 0. The zero-order valence-electron chi connectivity index (χ0n) is 12.0. The average Bonchev–Trinajstić information content (AvgIpc) is 3.00. The Morgan fingerprint density at radius 1 is 1.19 bits per heavy atom. The van der Waals surface area contributed by atoms with Crippen LogP contribution < -0.4 is 15.4 Å². The highest BCUT2D eigenvalue weighted by Gasteiger charge is 2.13. The number of rotatable bonds is 4. The van der Waals surface area contributed by atoms with Gasteiger partial charge in [0, 0.05) is 25.2 Å². The molecule has 0 saturated heterocycles. The number of methoxy groups -OCH3 is 1. The maximum atomic E-state index is 12.2. The third-order valence-corrected chi connectivity index (χ3v) is 3.69. The van der Waals surface area contributed by atoms with Gasteiger partial charge >= 0.3 is 0 Å². The van der Waals surface area contributed by atoms with Crippen molar-refractivity contribution in [1.82, 2.24) is 10.6 Å². The Hall–Kier alpha value is -2.33. The number of hydrogen-bond acceptors (Lipinski definition) is 3. The monoisotopic (exact) mass is 282 g/mol. The van der Waals surface area contributed by atoms with Crippen LogP contribution in [-0.4, -0.2) is 13.0 Å². The molecule has 0 aromatic heterocycles. The smallest absolute Gasteiger partial charge is 0.251 e. The lowest BCUT2D eigenvalue weighted by Crippen LogP contribution is -2.22. The van der Waals surface area contributed by atoms with E-state index in [0.29, 0.717) is 12.1 Å². The van der Waals surface area contributed by atoms with Gasteiger partial charge in [-0.15, -0.1) is 0 Å². The molecule has 2 N–H and O–H groups in total. The summed E-state index contributed by atoms with van der Waals surface area (Å²) in [5.41, 5.74) is 4.22. The van der Waals surface area contributed by atoms with Crippen molar-refractivity contribution in [3.8, 4) is 5.75 Å². The summed E-state index contributed by atoms with van der Waals surface area (Å²) in [6.07, 6.45) is 0. The van der Waals surface area contributed by atoms with E-state index in [1.807, 2.05) is 42.5 Å². The van der Waals surface area contributed by atoms with Crippen LogP contribution >= 0.6 is 0 Å². The van der Waals surface area contributed by atoms with E-state index < -0.39 is 0 Å². The van der Waals surface area contributed by atoms with Crippen molar-refractivity contribution < 1.29 is 9.53 Å². The van der Waals surface area contributed by atoms with Crippen LogP contribution in [0.1, 0.15) is 27.0 Å². The highest BCUT2D eigenvalue weighted by atomic mass is 16.5. The van der Waals surface area contributed by atoms with E-state index in [2.05, 4.69) is 10.6 Å². The van der Waals surface area contributed by atoms with Crippen LogP contribution in [-0.2, 0) is 19.6 Å². The Morgan fingerprint density at radius 2 is 2.05 bits per heavy atom. The number of fused-ring (bicyclic) bond motifs is 1. The zero-order valence-corrected chi connectivity index (χ0v) is 12.0.